The van der Waals surface area contributed by atoms with Crippen molar-refractivity contribution in [1.29, 1.82) is 0 Å². The van der Waals surface area contributed by atoms with Gasteiger partial charge in [-0.15, -0.1) is 0 Å². The molecule has 2 unspecified atom stereocenters. The van der Waals surface area contributed by atoms with Crippen LogP contribution in [0.25, 0.3) is 0 Å². The summed E-state index contributed by atoms with van der Waals surface area (Å²) in [5.41, 5.74) is 0.212. The Morgan fingerprint density at radius 3 is 2.16 bits per heavy atom. The van der Waals surface area contributed by atoms with Crippen molar-refractivity contribution in [3.8, 4) is 11.5 Å². The first kappa shape index (κ1) is 22.0. The number of methoxy groups -OCH3 is 1. The second kappa shape index (κ2) is 10.2. The summed E-state index contributed by atoms with van der Waals surface area (Å²) in [6.07, 6.45) is 0.387. The van der Waals surface area contributed by atoms with E-state index in [2.05, 4.69) is 40.8 Å². The minimum Gasteiger partial charge on any atom is -0.497 e. The third-order valence-corrected chi connectivity index (χ3v) is 4.33. The molecule has 0 heterocycles. The molecule has 0 saturated heterocycles. The van der Waals surface area contributed by atoms with Gasteiger partial charge in [0.25, 0.3) is 0 Å². The van der Waals surface area contributed by atoms with Crippen molar-refractivity contribution in [3.63, 3.8) is 0 Å². The third kappa shape index (κ3) is 9.25. The number of aliphatic hydroxyl groups is 1. The van der Waals surface area contributed by atoms with Gasteiger partial charge in [-0.1, -0.05) is 20.8 Å². The molecule has 0 aliphatic heterocycles. The molecule has 0 fully saturated rings. The molecule has 0 radical (unpaired) electrons. The molecular weight excluding hydrogens is 334 g/mol. The van der Waals surface area contributed by atoms with E-state index in [1.54, 1.807) is 7.11 Å². The van der Waals surface area contributed by atoms with E-state index >= 15 is 0 Å². The van der Waals surface area contributed by atoms with Gasteiger partial charge in [0.2, 0.25) is 0 Å². The van der Waals surface area contributed by atoms with Gasteiger partial charge in [0.05, 0.1) is 13.7 Å². The fourth-order valence-electron chi connectivity index (χ4n) is 2.71. The lowest BCUT2D eigenvalue weighted by atomic mass is 9.88. The zero-order valence-corrected chi connectivity index (χ0v) is 17.9. The summed E-state index contributed by atoms with van der Waals surface area (Å²) in [5.74, 6) is 1.50. The molecule has 0 aliphatic rings. The van der Waals surface area contributed by atoms with E-state index in [0.29, 0.717) is 12.3 Å². The lowest BCUT2D eigenvalue weighted by Gasteiger charge is -2.35. The van der Waals surface area contributed by atoms with Crippen LogP contribution in [-0.4, -0.2) is 51.6 Å². The van der Waals surface area contributed by atoms with Gasteiger partial charge in [0.1, 0.15) is 24.2 Å². The van der Waals surface area contributed by atoms with Gasteiger partial charge in [-0.3, -0.25) is 0 Å². The van der Waals surface area contributed by atoms with Gasteiger partial charge in [0, 0.05) is 6.04 Å². The first-order chi connectivity index (χ1) is 11.6. The lowest BCUT2D eigenvalue weighted by Crippen LogP contribution is -2.44. The fraction of sp³-hybridized carbons (Fsp3) is 0.684. The van der Waals surface area contributed by atoms with Crippen molar-refractivity contribution in [2.45, 2.75) is 59.4 Å². The number of rotatable bonds is 10. The quantitative estimate of drug-likeness (QED) is 0.505. The summed E-state index contributed by atoms with van der Waals surface area (Å²) in [7, 11) is 0.390. The van der Waals surface area contributed by atoms with Gasteiger partial charge in [0.15, 0.2) is 9.04 Å². The fourth-order valence-corrected chi connectivity index (χ4v) is 3.55. The molecule has 1 aromatic rings. The van der Waals surface area contributed by atoms with Gasteiger partial charge < -0.3 is 19.1 Å². The molecule has 0 spiro atoms. The number of benzene rings is 1. The second-order valence-corrected chi connectivity index (χ2v) is 10.3. The summed E-state index contributed by atoms with van der Waals surface area (Å²) in [4.78, 5) is 0. The highest BCUT2D eigenvalue weighted by Gasteiger charge is 2.24. The minimum absolute atomic E-state index is 0.212. The molecule has 1 aromatic carbocycles. The van der Waals surface area contributed by atoms with Crippen LogP contribution in [0.3, 0.4) is 0 Å². The molecule has 0 aromatic heterocycles. The van der Waals surface area contributed by atoms with Crippen LogP contribution in [0, 0.1) is 5.41 Å². The Labute approximate surface area is 154 Å². The molecule has 0 bridgehead atoms. The predicted molar refractivity (Wildman–Crippen MR) is 105 cm³/mol. The largest absolute Gasteiger partial charge is 0.497 e. The van der Waals surface area contributed by atoms with E-state index in [4.69, 9.17) is 14.0 Å². The van der Waals surface area contributed by atoms with Crippen molar-refractivity contribution < 1.29 is 19.1 Å². The molecule has 1 N–H and O–H groups in total. The number of hydrogen-bond donors (Lipinski definition) is 1. The minimum atomic E-state index is -1.24. The van der Waals surface area contributed by atoms with E-state index < -0.39 is 15.1 Å². The first-order valence-electron chi connectivity index (χ1n) is 8.99. The van der Waals surface area contributed by atoms with Gasteiger partial charge in [-0.05, 0) is 56.1 Å². The topological polar surface area (TPSA) is 51.2 Å². The van der Waals surface area contributed by atoms with Crippen LogP contribution in [-0.2, 0) is 4.53 Å². The number of nitrogens with zero attached hydrogens (tertiary/aromatic N) is 1. The van der Waals surface area contributed by atoms with Crippen LogP contribution < -0.4 is 9.47 Å². The Bertz CT molecular complexity index is 487. The van der Waals surface area contributed by atoms with E-state index in [1.165, 1.54) is 0 Å². The zero-order valence-electron chi connectivity index (χ0n) is 16.8. The highest BCUT2D eigenvalue weighted by molar-refractivity contribution is 6.48. The molecule has 0 amide bonds. The van der Waals surface area contributed by atoms with Crippen LogP contribution in [0.1, 0.15) is 34.1 Å². The maximum atomic E-state index is 10.4. The average Bonchev–Trinajstić information content (AvgIpc) is 2.50. The predicted octanol–water partition coefficient (Wildman–Crippen LogP) is 3.48. The van der Waals surface area contributed by atoms with Crippen molar-refractivity contribution in [2.24, 2.45) is 5.41 Å². The Balaban J connectivity index is 2.56. The molecule has 5 nitrogen and oxygen atoms in total. The first-order valence-corrected chi connectivity index (χ1v) is 11.8. The lowest BCUT2D eigenvalue weighted by molar-refractivity contribution is -0.127. The second-order valence-electron chi connectivity index (χ2n) is 8.01. The van der Waals surface area contributed by atoms with Crippen molar-refractivity contribution in [2.75, 3.05) is 20.3 Å². The van der Waals surface area contributed by atoms with Crippen LogP contribution in [0.5, 0.6) is 11.5 Å². The van der Waals surface area contributed by atoms with Crippen LogP contribution >= 0.6 is 0 Å². The van der Waals surface area contributed by atoms with E-state index in [-0.39, 0.29) is 18.1 Å². The van der Waals surface area contributed by atoms with Crippen molar-refractivity contribution in [3.05, 3.63) is 24.3 Å². The maximum absolute atomic E-state index is 10.4. The van der Waals surface area contributed by atoms with E-state index in [1.807, 2.05) is 29.3 Å². The van der Waals surface area contributed by atoms with Gasteiger partial charge in [-0.25, -0.2) is 0 Å². The van der Waals surface area contributed by atoms with Gasteiger partial charge >= 0.3 is 0 Å². The summed E-state index contributed by atoms with van der Waals surface area (Å²) in [6.45, 7) is 13.8. The Morgan fingerprint density at radius 2 is 1.68 bits per heavy atom. The molecule has 25 heavy (non-hydrogen) atoms. The van der Waals surface area contributed by atoms with Crippen LogP contribution in [0.2, 0.25) is 13.1 Å². The molecule has 1 rings (SSSR count). The van der Waals surface area contributed by atoms with Crippen molar-refractivity contribution in [1.82, 2.24) is 5.06 Å². The zero-order chi connectivity index (χ0) is 19.0. The van der Waals surface area contributed by atoms with E-state index in [9.17, 15) is 5.11 Å². The standard InChI is InChI=1S/C19H35NO4Si/c1-15(12-19(2,3)4)20(24-25(6)7)13-16(21)14-23-18-10-8-17(22-5)9-11-18/h8-11,15-16,21,25H,12-14H2,1-7H3. The number of hydrogen-bond acceptors (Lipinski definition) is 5. The summed E-state index contributed by atoms with van der Waals surface area (Å²) < 4.78 is 16.9. The number of hydroxylamine groups is 2. The molecule has 2 atom stereocenters. The smallest absolute Gasteiger partial charge is 0.199 e. The van der Waals surface area contributed by atoms with E-state index in [0.717, 1.165) is 12.2 Å². The average molecular weight is 370 g/mol. The van der Waals surface area contributed by atoms with Crippen LogP contribution in [0.15, 0.2) is 24.3 Å². The maximum Gasteiger partial charge on any atom is 0.199 e. The monoisotopic (exact) mass is 369 g/mol. The highest BCUT2D eigenvalue weighted by Crippen LogP contribution is 2.24. The summed E-state index contributed by atoms with van der Waals surface area (Å²) in [6, 6.07) is 7.59. The third-order valence-electron chi connectivity index (χ3n) is 3.64. The Hall–Kier alpha value is -1.08. The molecular formula is C19H35NO4Si. The van der Waals surface area contributed by atoms with Crippen molar-refractivity contribution >= 4 is 9.04 Å². The Morgan fingerprint density at radius 1 is 1.12 bits per heavy atom. The Kier molecular flexibility index (Phi) is 8.92. The van der Waals surface area contributed by atoms with Crippen LogP contribution in [0.4, 0.5) is 0 Å². The normalized spacial score (nSPS) is 14.6. The summed E-state index contributed by atoms with van der Waals surface area (Å²) in [5, 5.41) is 12.3. The number of aliphatic hydroxyl groups excluding tert-OH is 1. The summed E-state index contributed by atoms with van der Waals surface area (Å²) >= 11 is 0. The molecule has 0 saturated carbocycles. The molecule has 0 aliphatic carbocycles. The SMILES string of the molecule is COc1ccc(OCC(O)CN(O[SiH](C)C)C(C)CC(C)(C)C)cc1. The molecule has 6 heteroatoms. The number of ether oxygens (including phenoxy) is 2. The molecule has 144 valence electrons. The highest BCUT2D eigenvalue weighted by atomic mass is 28.3. The van der Waals surface area contributed by atoms with Gasteiger partial charge in [-0.2, -0.15) is 5.06 Å².